The molecule has 0 saturated heterocycles. The summed E-state index contributed by atoms with van der Waals surface area (Å²) in [6.45, 7) is 4.03. The standard InChI is InChI=1S/C25H23N5O4S/c1-14-4-9-20(15(2)10-14)30-22-19(12-26-30)23(32)29-18(13-35-25(29)28-22)11-21(31)27-17-7-5-16(6-8-17)24(33)34-3/h4-10,12,18H,11,13H2,1-3H3,(H,27,31). The second-order valence-electron chi connectivity index (χ2n) is 8.44. The van der Waals surface area contributed by atoms with Gasteiger partial charge in [-0.05, 0) is 49.7 Å². The van der Waals surface area contributed by atoms with Crippen LogP contribution in [0.3, 0.4) is 0 Å². The fraction of sp³-hybridized carbons (Fsp3) is 0.240. The van der Waals surface area contributed by atoms with E-state index in [0.29, 0.717) is 33.2 Å². The van der Waals surface area contributed by atoms with Crippen LogP contribution >= 0.6 is 11.8 Å². The molecule has 1 atom stereocenters. The van der Waals surface area contributed by atoms with E-state index in [0.717, 1.165) is 16.8 Å². The number of methoxy groups -OCH3 is 1. The van der Waals surface area contributed by atoms with Gasteiger partial charge in [0.05, 0.1) is 30.6 Å². The van der Waals surface area contributed by atoms with Gasteiger partial charge in [-0.25, -0.2) is 14.5 Å². The molecular weight excluding hydrogens is 466 g/mol. The summed E-state index contributed by atoms with van der Waals surface area (Å²) in [6.07, 6.45) is 1.66. The van der Waals surface area contributed by atoms with Crippen molar-refractivity contribution < 1.29 is 14.3 Å². The number of fused-ring (bicyclic) bond motifs is 2. The van der Waals surface area contributed by atoms with Gasteiger partial charge in [0.25, 0.3) is 5.56 Å². The number of ether oxygens (including phenoxy) is 1. The normalized spacial score (nSPS) is 14.7. The van der Waals surface area contributed by atoms with Crippen LogP contribution < -0.4 is 10.9 Å². The highest BCUT2D eigenvalue weighted by atomic mass is 32.2. The molecule has 4 aromatic rings. The van der Waals surface area contributed by atoms with E-state index in [2.05, 4.69) is 21.2 Å². The molecule has 0 spiro atoms. The van der Waals surface area contributed by atoms with Gasteiger partial charge < -0.3 is 10.1 Å². The SMILES string of the molecule is COC(=O)c1ccc(NC(=O)CC2CSc3nc4c(cnn4-c4ccc(C)cc4C)c(=O)n32)cc1. The van der Waals surface area contributed by atoms with Crippen molar-refractivity contribution in [1.29, 1.82) is 0 Å². The van der Waals surface area contributed by atoms with Crippen molar-refractivity contribution in [2.24, 2.45) is 0 Å². The predicted octanol–water partition coefficient (Wildman–Crippen LogP) is 3.66. The maximum atomic E-state index is 13.4. The van der Waals surface area contributed by atoms with E-state index in [9.17, 15) is 14.4 Å². The summed E-state index contributed by atoms with van der Waals surface area (Å²) < 4.78 is 7.98. The molecule has 10 heteroatoms. The fourth-order valence-corrected chi connectivity index (χ4v) is 5.36. The van der Waals surface area contributed by atoms with Crippen LogP contribution in [0.2, 0.25) is 0 Å². The number of aryl methyl sites for hydroxylation is 2. The van der Waals surface area contributed by atoms with Crippen LogP contribution in [0.1, 0.15) is 33.9 Å². The van der Waals surface area contributed by atoms with Gasteiger partial charge in [0.15, 0.2) is 10.8 Å². The van der Waals surface area contributed by atoms with Crippen molar-refractivity contribution in [3.8, 4) is 5.69 Å². The monoisotopic (exact) mass is 489 g/mol. The Balaban J connectivity index is 1.39. The minimum atomic E-state index is -0.443. The Hall–Kier alpha value is -3.92. The molecule has 178 valence electrons. The molecule has 35 heavy (non-hydrogen) atoms. The van der Waals surface area contributed by atoms with Crippen molar-refractivity contribution in [3.05, 3.63) is 75.7 Å². The van der Waals surface area contributed by atoms with Gasteiger partial charge >= 0.3 is 5.97 Å². The number of hydrogen-bond acceptors (Lipinski definition) is 7. The van der Waals surface area contributed by atoms with Crippen molar-refractivity contribution in [2.45, 2.75) is 31.5 Å². The van der Waals surface area contributed by atoms with E-state index in [-0.39, 0.29) is 23.9 Å². The number of rotatable bonds is 5. The summed E-state index contributed by atoms with van der Waals surface area (Å²) in [4.78, 5) is 42.4. The minimum Gasteiger partial charge on any atom is -0.465 e. The molecule has 1 N–H and O–H groups in total. The minimum absolute atomic E-state index is 0.122. The van der Waals surface area contributed by atoms with Crippen molar-refractivity contribution in [1.82, 2.24) is 19.3 Å². The second-order valence-corrected chi connectivity index (χ2v) is 9.43. The van der Waals surface area contributed by atoms with Crippen molar-refractivity contribution in [3.63, 3.8) is 0 Å². The van der Waals surface area contributed by atoms with Crippen LogP contribution in [0.4, 0.5) is 5.69 Å². The molecular formula is C25H23N5O4S. The van der Waals surface area contributed by atoms with Crippen LogP contribution in [0, 0.1) is 13.8 Å². The molecule has 3 heterocycles. The molecule has 5 rings (SSSR count). The summed E-state index contributed by atoms with van der Waals surface area (Å²) in [5, 5.41) is 8.26. The van der Waals surface area contributed by atoms with E-state index in [1.165, 1.54) is 18.9 Å². The number of nitrogens with zero attached hydrogens (tertiary/aromatic N) is 4. The Labute approximate surface area is 205 Å². The zero-order valence-corrected chi connectivity index (χ0v) is 20.3. The average molecular weight is 490 g/mol. The Morgan fingerprint density at radius 3 is 2.66 bits per heavy atom. The Morgan fingerprint density at radius 1 is 1.17 bits per heavy atom. The number of anilines is 1. The number of amides is 1. The van der Waals surface area contributed by atoms with Crippen LogP contribution in [0.25, 0.3) is 16.7 Å². The molecule has 9 nitrogen and oxygen atoms in total. The molecule has 1 aliphatic heterocycles. The van der Waals surface area contributed by atoms with Crippen LogP contribution in [-0.4, -0.2) is 44.1 Å². The first-order valence-electron chi connectivity index (χ1n) is 11.0. The number of esters is 1. The highest BCUT2D eigenvalue weighted by molar-refractivity contribution is 7.99. The highest BCUT2D eigenvalue weighted by Gasteiger charge is 2.29. The third kappa shape index (κ3) is 4.21. The number of thioether (sulfide) groups is 1. The van der Waals surface area contributed by atoms with Crippen molar-refractivity contribution >= 4 is 40.4 Å². The van der Waals surface area contributed by atoms with Crippen molar-refractivity contribution in [2.75, 3.05) is 18.2 Å². The summed E-state index contributed by atoms with van der Waals surface area (Å²) >= 11 is 1.45. The largest absolute Gasteiger partial charge is 0.465 e. The number of carbonyl (C=O) groups is 2. The molecule has 1 unspecified atom stereocenters. The highest BCUT2D eigenvalue weighted by Crippen LogP contribution is 2.33. The molecule has 0 radical (unpaired) electrons. The molecule has 0 fully saturated rings. The van der Waals surface area contributed by atoms with E-state index in [1.807, 2.05) is 26.0 Å². The number of aromatic nitrogens is 4. The second kappa shape index (κ2) is 9.03. The first-order valence-corrected chi connectivity index (χ1v) is 12.0. The maximum absolute atomic E-state index is 13.4. The topological polar surface area (TPSA) is 108 Å². The van der Waals surface area contributed by atoms with E-state index in [4.69, 9.17) is 4.98 Å². The van der Waals surface area contributed by atoms with Gasteiger partial charge in [0.1, 0.15) is 5.39 Å². The molecule has 2 aromatic carbocycles. The Morgan fingerprint density at radius 2 is 1.94 bits per heavy atom. The molecule has 2 aromatic heterocycles. The molecule has 0 bridgehead atoms. The van der Waals surface area contributed by atoms with Gasteiger partial charge in [-0.1, -0.05) is 29.5 Å². The summed E-state index contributed by atoms with van der Waals surface area (Å²) in [7, 11) is 1.31. The van der Waals surface area contributed by atoms with Gasteiger partial charge in [0.2, 0.25) is 5.91 Å². The first kappa shape index (κ1) is 22.9. The van der Waals surface area contributed by atoms with E-state index in [1.54, 1.807) is 39.7 Å². The van der Waals surface area contributed by atoms with Crippen LogP contribution in [0.15, 0.2) is 58.6 Å². The lowest BCUT2D eigenvalue weighted by Crippen LogP contribution is -2.27. The number of carbonyl (C=O) groups excluding carboxylic acids is 2. The third-order valence-corrected chi connectivity index (χ3v) is 7.06. The molecule has 1 amide bonds. The zero-order valence-electron chi connectivity index (χ0n) is 19.4. The summed E-state index contributed by atoms with van der Waals surface area (Å²) in [5.41, 5.74) is 4.33. The number of hydrogen-bond donors (Lipinski definition) is 1. The van der Waals surface area contributed by atoms with Gasteiger partial charge in [0, 0.05) is 17.9 Å². The van der Waals surface area contributed by atoms with Crippen LogP contribution in [-0.2, 0) is 9.53 Å². The summed E-state index contributed by atoms with van der Waals surface area (Å²) in [6, 6.07) is 12.2. The fourth-order valence-electron chi connectivity index (χ4n) is 4.23. The molecule has 1 aliphatic rings. The lowest BCUT2D eigenvalue weighted by atomic mass is 10.1. The van der Waals surface area contributed by atoms with Gasteiger partial charge in [-0.2, -0.15) is 5.10 Å². The van der Waals surface area contributed by atoms with Gasteiger partial charge in [-0.15, -0.1) is 0 Å². The third-order valence-electron chi connectivity index (χ3n) is 5.96. The average Bonchev–Trinajstić information content (AvgIpc) is 3.44. The lowest BCUT2D eigenvalue weighted by Gasteiger charge is -2.14. The summed E-state index contributed by atoms with van der Waals surface area (Å²) in [5.74, 6) is -0.102. The first-order chi connectivity index (χ1) is 16.9. The molecule has 0 aliphatic carbocycles. The quantitative estimate of drug-likeness (QED) is 0.337. The van der Waals surface area contributed by atoms with E-state index >= 15 is 0 Å². The lowest BCUT2D eigenvalue weighted by molar-refractivity contribution is -0.116. The number of benzene rings is 2. The van der Waals surface area contributed by atoms with Gasteiger partial charge in [-0.3, -0.25) is 14.2 Å². The Kier molecular flexibility index (Phi) is 5.89. The smallest absolute Gasteiger partial charge is 0.337 e. The Bertz CT molecular complexity index is 1520. The van der Waals surface area contributed by atoms with E-state index < -0.39 is 5.97 Å². The maximum Gasteiger partial charge on any atom is 0.337 e. The molecule has 0 saturated carbocycles. The zero-order chi connectivity index (χ0) is 24.7. The number of nitrogens with one attached hydrogen (secondary N) is 1. The predicted molar refractivity (Wildman–Crippen MR) is 133 cm³/mol. The van der Waals surface area contributed by atoms with Crippen LogP contribution in [0.5, 0.6) is 0 Å².